The van der Waals surface area contributed by atoms with Crippen molar-refractivity contribution in [2.75, 3.05) is 11.9 Å². The van der Waals surface area contributed by atoms with Crippen LogP contribution in [-0.4, -0.2) is 34.5 Å². The van der Waals surface area contributed by atoms with Gasteiger partial charge in [-0.1, -0.05) is 6.07 Å². The third-order valence-corrected chi connectivity index (χ3v) is 5.68. The minimum absolute atomic E-state index is 0.143. The van der Waals surface area contributed by atoms with Crippen molar-refractivity contribution < 1.29 is 18.7 Å². The number of rotatable bonds is 4. The zero-order valence-electron chi connectivity index (χ0n) is 14.7. The third-order valence-electron chi connectivity index (χ3n) is 5.68. The van der Waals surface area contributed by atoms with Crippen molar-refractivity contribution in [1.82, 2.24) is 4.90 Å². The second-order valence-corrected chi connectivity index (χ2v) is 7.49. The van der Waals surface area contributed by atoms with Crippen molar-refractivity contribution in [3.8, 4) is 0 Å². The zero-order valence-corrected chi connectivity index (χ0v) is 14.7. The van der Waals surface area contributed by atoms with E-state index in [2.05, 4.69) is 10.2 Å². The third kappa shape index (κ3) is 3.15. The van der Waals surface area contributed by atoms with E-state index in [4.69, 9.17) is 4.42 Å². The van der Waals surface area contributed by atoms with Gasteiger partial charge in [0, 0.05) is 17.8 Å². The second kappa shape index (κ2) is 6.52. The molecule has 5 nitrogen and oxygen atoms in total. The Bertz CT molecular complexity index is 791. The molecule has 0 aliphatic carbocycles. The summed E-state index contributed by atoms with van der Waals surface area (Å²) < 4.78 is 19.1. The Morgan fingerprint density at radius 1 is 1.35 bits per heavy atom. The average molecular weight is 358 g/mol. The highest BCUT2D eigenvalue weighted by Gasteiger charge is 2.49. The second-order valence-electron chi connectivity index (χ2n) is 7.49. The van der Waals surface area contributed by atoms with Crippen LogP contribution in [-0.2, 0) is 10.4 Å². The first-order valence-corrected chi connectivity index (χ1v) is 9.03. The molecule has 4 rings (SSSR count). The first-order valence-electron chi connectivity index (χ1n) is 9.03. The fourth-order valence-electron chi connectivity index (χ4n) is 4.36. The summed E-state index contributed by atoms with van der Waals surface area (Å²) >= 11 is 0. The summed E-state index contributed by atoms with van der Waals surface area (Å²) in [5, 5.41) is 13.8. The van der Waals surface area contributed by atoms with E-state index in [0.717, 1.165) is 12.8 Å². The number of carbonyl (C=O) groups is 1. The van der Waals surface area contributed by atoms with Crippen LogP contribution in [0.2, 0.25) is 0 Å². The molecular formula is C20H23FN2O3. The molecule has 2 fully saturated rings. The summed E-state index contributed by atoms with van der Waals surface area (Å²) in [6.45, 7) is 1.94. The van der Waals surface area contributed by atoms with Crippen LogP contribution in [0.5, 0.6) is 0 Å². The molecule has 2 aliphatic heterocycles. The summed E-state index contributed by atoms with van der Waals surface area (Å²) in [6, 6.07) is 8.58. The van der Waals surface area contributed by atoms with Crippen molar-refractivity contribution in [1.29, 1.82) is 0 Å². The molecule has 2 aliphatic rings. The first-order chi connectivity index (χ1) is 12.4. The number of anilines is 1. The summed E-state index contributed by atoms with van der Waals surface area (Å²) in [5.41, 5.74) is 0.0615. The van der Waals surface area contributed by atoms with Crippen LogP contribution in [0.4, 0.5) is 10.1 Å². The number of hydrogen-bond acceptors (Lipinski definition) is 4. The van der Waals surface area contributed by atoms with Gasteiger partial charge < -0.3 is 14.8 Å². The minimum atomic E-state index is -0.956. The molecule has 2 atom stereocenters. The van der Waals surface area contributed by atoms with E-state index in [1.165, 1.54) is 6.07 Å². The predicted octanol–water partition coefficient (Wildman–Crippen LogP) is 3.18. The Morgan fingerprint density at radius 3 is 2.69 bits per heavy atom. The van der Waals surface area contributed by atoms with Gasteiger partial charge in [0.05, 0.1) is 12.8 Å². The van der Waals surface area contributed by atoms with Crippen molar-refractivity contribution in [3.63, 3.8) is 0 Å². The van der Waals surface area contributed by atoms with Gasteiger partial charge >= 0.3 is 0 Å². The molecule has 2 bridgehead atoms. The number of carbonyl (C=O) groups excluding carboxylic acids is 1. The van der Waals surface area contributed by atoms with E-state index in [1.807, 2.05) is 6.07 Å². The average Bonchev–Trinajstić information content (AvgIpc) is 3.20. The number of benzene rings is 1. The Balaban J connectivity index is 1.42. The number of furan rings is 1. The van der Waals surface area contributed by atoms with Crippen LogP contribution < -0.4 is 5.32 Å². The summed E-state index contributed by atoms with van der Waals surface area (Å²) in [7, 11) is 0. The number of nitrogens with one attached hydrogen (secondary N) is 1. The lowest BCUT2D eigenvalue weighted by atomic mass is 9.84. The van der Waals surface area contributed by atoms with Gasteiger partial charge in [0.1, 0.15) is 17.2 Å². The number of amides is 1. The number of piperidine rings is 1. The lowest BCUT2D eigenvalue weighted by molar-refractivity contribution is -0.121. The van der Waals surface area contributed by atoms with E-state index >= 15 is 0 Å². The fourth-order valence-corrected chi connectivity index (χ4v) is 4.36. The molecule has 0 radical (unpaired) electrons. The molecule has 6 heteroatoms. The summed E-state index contributed by atoms with van der Waals surface area (Å²) in [5.74, 6) is 0.117. The zero-order chi connectivity index (χ0) is 18.3. The molecule has 3 heterocycles. The number of nitrogens with zero attached hydrogens (tertiary/aromatic N) is 1. The molecule has 2 aromatic rings. The topological polar surface area (TPSA) is 65.7 Å². The Labute approximate surface area is 151 Å². The number of aliphatic hydroxyl groups is 1. The SMILES string of the molecule is Cc1ccc(NC(=O)CN2[C@@H]3CC[C@@H]2CC(O)(c2ccco2)C3)cc1F. The van der Waals surface area contributed by atoms with Crippen molar-refractivity contribution in [2.45, 2.75) is 50.3 Å². The molecule has 0 unspecified atom stereocenters. The van der Waals surface area contributed by atoms with Gasteiger partial charge in [0.25, 0.3) is 0 Å². The maximum atomic E-state index is 13.6. The number of hydrogen-bond donors (Lipinski definition) is 2. The van der Waals surface area contributed by atoms with E-state index in [-0.39, 0.29) is 30.4 Å². The molecule has 1 aromatic heterocycles. The minimum Gasteiger partial charge on any atom is -0.466 e. The highest BCUT2D eigenvalue weighted by Crippen LogP contribution is 2.45. The van der Waals surface area contributed by atoms with E-state index in [9.17, 15) is 14.3 Å². The van der Waals surface area contributed by atoms with Gasteiger partial charge in [-0.25, -0.2) is 4.39 Å². The highest BCUT2D eigenvalue weighted by atomic mass is 19.1. The van der Waals surface area contributed by atoms with Gasteiger partial charge in [0.2, 0.25) is 5.91 Å². The fraction of sp³-hybridized carbons (Fsp3) is 0.450. The Hall–Kier alpha value is -2.18. The summed E-state index contributed by atoms with van der Waals surface area (Å²) in [4.78, 5) is 14.6. The molecular weight excluding hydrogens is 335 g/mol. The van der Waals surface area contributed by atoms with Crippen molar-refractivity contribution >= 4 is 11.6 Å². The molecule has 1 aromatic carbocycles. The van der Waals surface area contributed by atoms with E-state index < -0.39 is 5.60 Å². The first kappa shape index (κ1) is 17.2. The molecule has 26 heavy (non-hydrogen) atoms. The van der Waals surface area contributed by atoms with Gasteiger partial charge in [0.15, 0.2) is 0 Å². The number of halogens is 1. The van der Waals surface area contributed by atoms with Crippen LogP contribution in [0.1, 0.15) is 37.0 Å². The van der Waals surface area contributed by atoms with Crippen LogP contribution >= 0.6 is 0 Å². The monoisotopic (exact) mass is 358 g/mol. The van der Waals surface area contributed by atoms with Gasteiger partial charge in [-0.15, -0.1) is 0 Å². The van der Waals surface area contributed by atoms with E-state index in [1.54, 1.807) is 31.4 Å². The van der Waals surface area contributed by atoms with Crippen molar-refractivity contribution in [2.24, 2.45) is 0 Å². The Morgan fingerprint density at radius 2 is 2.08 bits per heavy atom. The number of aryl methyl sites for hydroxylation is 1. The molecule has 1 amide bonds. The molecule has 2 N–H and O–H groups in total. The maximum Gasteiger partial charge on any atom is 0.238 e. The smallest absolute Gasteiger partial charge is 0.238 e. The highest BCUT2D eigenvalue weighted by molar-refractivity contribution is 5.92. The maximum absolute atomic E-state index is 13.6. The quantitative estimate of drug-likeness (QED) is 0.881. The molecule has 138 valence electrons. The van der Waals surface area contributed by atoms with Crippen LogP contribution in [0, 0.1) is 12.7 Å². The van der Waals surface area contributed by atoms with Crippen LogP contribution in [0.15, 0.2) is 41.0 Å². The van der Waals surface area contributed by atoms with Gasteiger partial charge in [-0.3, -0.25) is 9.69 Å². The number of fused-ring (bicyclic) bond motifs is 2. The molecule has 0 spiro atoms. The summed E-state index contributed by atoms with van der Waals surface area (Å²) in [6.07, 6.45) is 4.61. The van der Waals surface area contributed by atoms with Gasteiger partial charge in [-0.2, -0.15) is 0 Å². The lowest BCUT2D eigenvalue weighted by Crippen LogP contribution is -2.51. The molecule has 2 saturated heterocycles. The normalized spacial score (nSPS) is 28.3. The molecule has 0 saturated carbocycles. The lowest BCUT2D eigenvalue weighted by Gasteiger charge is -2.42. The van der Waals surface area contributed by atoms with E-state index in [0.29, 0.717) is 29.9 Å². The van der Waals surface area contributed by atoms with Crippen LogP contribution in [0.25, 0.3) is 0 Å². The van der Waals surface area contributed by atoms with Crippen LogP contribution in [0.3, 0.4) is 0 Å². The predicted molar refractivity (Wildman–Crippen MR) is 95.1 cm³/mol. The van der Waals surface area contributed by atoms with Gasteiger partial charge in [-0.05, 0) is 62.4 Å². The standard InChI is InChI=1S/C20H23FN2O3/c1-13-4-5-14(9-17(13)21)22-19(24)12-23-15-6-7-16(23)11-20(25,10-15)18-3-2-8-26-18/h2-5,8-9,15-16,25H,6-7,10-12H2,1H3,(H,22,24)/t15-,16-/m1/s1. The Kier molecular flexibility index (Phi) is 4.32. The largest absolute Gasteiger partial charge is 0.466 e. The van der Waals surface area contributed by atoms with Crippen molar-refractivity contribution in [3.05, 3.63) is 53.7 Å².